The molecule has 1 amide bonds. The minimum absolute atomic E-state index is 0.107. The molecule has 0 aliphatic carbocycles. The number of hydrogen-bond donors (Lipinski definition) is 1. The monoisotopic (exact) mass is 312 g/mol. The number of nitrogens with zero attached hydrogens (tertiary/aromatic N) is 3. The van der Waals surface area contributed by atoms with Crippen LogP contribution in [0.5, 0.6) is 0 Å². The van der Waals surface area contributed by atoms with Crippen molar-refractivity contribution < 1.29 is 4.79 Å². The Hall–Kier alpha value is -0.880. The number of nitrogens with one attached hydrogen (secondary N) is 1. The Kier molecular flexibility index (Phi) is 3.39. The number of carbonyl (C=O) groups excluding carboxylic acids is 1. The summed E-state index contributed by atoms with van der Waals surface area (Å²) in [6, 6.07) is 0.576. The van der Waals surface area contributed by atoms with E-state index < -0.39 is 0 Å². The maximum Gasteiger partial charge on any atom is 0.237 e. The zero-order chi connectivity index (χ0) is 12.5. The Morgan fingerprint density at radius 3 is 2.67 bits per heavy atom. The quantitative estimate of drug-likeness (QED) is 0.892. The highest BCUT2D eigenvalue weighted by Crippen LogP contribution is 2.25. The second kappa shape index (κ2) is 5.01. The summed E-state index contributed by atoms with van der Waals surface area (Å²) in [7, 11) is 0. The van der Waals surface area contributed by atoms with Crippen LogP contribution in [0, 0.1) is 0 Å². The molecule has 1 atom stereocenters. The van der Waals surface area contributed by atoms with Crippen LogP contribution in [0.3, 0.4) is 0 Å². The molecule has 1 unspecified atom stereocenters. The summed E-state index contributed by atoms with van der Waals surface area (Å²) in [6.45, 7) is 2.80. The molecule has 18 heavy (non-hydrogen) atoms. The second-order valence-electron chi connectivity index (χ2n) is 5.00. The third-order valence-electron chi connectivity index (χ3n) is 3.90. The van der Waals surface area contributed by atoms with E-state index >= 15 is 0 Å². The summed E-state index contributed by atoms with van der Waals surface area (Å²) in [4.78, 5) is 14.0. The summed E-state index contributed by atoms with van der Waals surface area (Å²) >= 11 is 3.43. The van der Waals surface area contributed by atoms with Crippen LogP contribution in [0.2, 0.25) is 0 Å². The molecule has 0 saturated carbocycles. The average molecular weight is 313 g/mol. The summed E-state index contributed by atoms with van der Waals surface area (Å²) in [6.07, 6.45) is 6.95. The molecule has 0 radical (unpaired) electrons. The van der Waals surface area contributed by atoms with E-state index in [0.29, 0.717) is 6.04 Å². The molecule has 6 heteroatoms. The van der Waals surface area contributed by atoms with Crippen molar-refractivity contribution in [2.45, 2.75) is 31.3 Å². The molecular formula is C12H17BrN4O. The lowest BCUT2D eigenvalue weighted by Gasteiger charge is -2.34. The van der Waals surface area contributed by atoms with E-state index in [1.807, 2.05) is 17.1 Å². The van der Waals surface area contributed by atoms with Crippen LogP contribution < -0.4 is 5.32 Å². The fraction of sp³-hybridized carbons (Fsp3) is 0.667. The van der Waals surface area contributed by atoms with Crippen molar-refractivity contribution in [2.24, 2.45) is 0 Å². The number of hydrogen-bond acceptors (Lipinski definition) is 3. The second-order valence-corrected chi connectivity index (χ2v) is 5.92. The Labute approximate surface area is 115 Å². The standard InChI is InChI=1S/C12H17BrN4O/c13-9-7-15-17(8-9)10-2-5-16(6-3-10)11-1-4-14-12(11)18/h7-8,10-11H,1-6H2,(H,14,18). The van der Waals surface area contributed by atoms with Gasteiger partial charge in [-0.1, -0.05) is 0 Å². The predicted molar refractivity (Wildman–Crippen MR) is 71.2 cm³/mol. The van der Waals surface area contributed by atoms with Gasteiger partial charge in [-0.25, -0.2) is 0 Å². The van der Waals surface area contributed by atoms with E-state index in [9.17, 15) is 4.79 Å². The highest BCUT2D eigenvalue weighted by atomic mass is 79.9. The third-order valence-corrected chi connectivity index (χ3v) is 4.31. The number of piperidine rings is 1. The first-order valence-corrected chi connectivity index (χ1v) is 7.25. The van der Waals surface area contributed by atoms with Crippen LogP contribution in [0.25, 0.3) is 0 Å². The van der Waals surface area contributed by atoms with E-state index in [-0.39, 0.29) is 11.9 Å². The van der Waals surface area contributed by atoms with E-state index in [0.717, 1.165) is 43.4 Å². The van der Waals surface area contributed by atoms with Gasteiger partial charge in [-0.15, -0.1) is 0 Å². The lowest BCUT2D eigenvalue weighted by molar-refractivity contribution is -0.124. The Morgan fingerprint density at radius 1 is 1.33 bits per heavy atom. The zero-order valence-electron chi connectivity index (χ0n) is 10.2. The molecule has 98 valence electrons. The number of aromatic nitrogens is 2. The maximum atomic E-state index is 11.7. The zero-order valence-corrected chi connectivity index (χ0v) is 11.8. The number of carbonyl (C=O) groups is 1. The highest BCUT2D eigenvalue weighted by Gasteiger charge is 2.33. The smallest absolute Gasteiger partial charge is 0.237 e. The van der Waals surface area contributed by atoms with Gasteiger partial charge in [-0.3, -0.25) is 14.4 Å². The topological polar surface area (TPSA) is 50.2 Å². The van der Waals surface area contributed by atoms with E-state index in [2.05, 4.69) is 31.2 Å². The van der Waals surface area contributed by atoms with Gasteiger partial charge in [0.2, 0.25) is 5.91 Å². The van der Waals surface area contributed by atoms with Gasteiger partial charge in [0.25, 0.3) is 0 Å². The van der Waals surface area contributed by atoms with E-state index in [1.54, 1.807) is 0 Å². The first kappa shape index (κ1) is 12.2. The van der Waals surface area contributed by atoms with Gasteiger partial charge >= 0.3 is 0 Å². The molecule has 0 aromatic carbocycles. The molecule has 0 bridgehead atoms. The van der Waals surface area contributed by atoms with E-state index in [4.69, 9.17) is 0 Å². The first-order chi connectivity index (χ1) is 8.74. The largest absolute Gasteiger partial charge is 0.355 e. The van der Waals surface area contributed by atoms with E-state index in [1.165, 1.54) is 0 Å². The van der Waals surface area contributed by atoms with Gasteiger partial charge in [-0.05, 0) is 35.2 Å². The number of likely N-dealkylation sites (tertiary alicyclic amines) is 1. The lowest BCUT2D eigenvalue weighted by Crippen LogP contribution is -2.45. The maximum absolute atomic E-state index is 11.7. The number of amides is 1. The van der Waals surface area contributed by atoms with Crippen LogP contribution >= 0.6 is 15.9 Å². The van der Waals surface area contributed by atoms with Crippen molar-refractivity contribution in [2.75, 3.05) is 19.6 Å². The Morgan fingerprint density at radius 2 is 2.11 bits per heavy atom. The van der Waals surface area contributed by atoms with Crippen molar-refractivity contribution >= 4 is 21.8 Å². The molecule has 0 spiro atoms. The van der Waals surface area contributed by atoms with Crippen molar-refractivity contribution in [3.8, 4) is 0 Å². The molecule has 2 fully saturated rings. The minimum Gasteiger partial charge on any atom is -0.355 e. The van der Waals surface area contributed by atoms with Crippen LogP contribution in [-0.4, -0.2) is 46.3 Å². The van der Waals surface area contributed by atoms with Gasteiger partial charge in [0, 0.05) is 25.8 Å². The van der Waals surface area contributed by atoms with Gasteiger partial charge < -0.3 is 5.32 Å². The van der Waals surface area contributed by atoms with Crippen LogP contribution in [0.1, 0.15) is 25.3 Å². The summed E-state index contributed by atoms with van der Waals surface area (Å²) in [5, 5.41) is 7.26. The summed E-state index contributed by atoms with van der Waals surface area (Å²) in [5.74, 6) is 0.204. The SMILES string of the molecule is O=C1NCCC1N1CCC(n2cc(Br)cn2)CC1. The van der Waals surface area contributed by atoms with Crippen LogP contribution in [-0.2, 0) is 4.79 Å². The molecule has 2 aliphatic rings. The molecule has 3 heterocycles. The van der Waals surface area contributed by atoms with Crippen LogP contribution in [0.4, 0.5) is 0 Å². The highest BCUT2D eigenvalue weighted by molar-refractivity contribution is 9.10. The van der Waals surface area contributed by atoms with Gasteiger partial charge in [-0.2, -0.15) is 5.10 Å². The van der Waals surface area contributed by atoms with Gasteiger partial charge in [0.05, 0.1) is 22.8 Å². The Bertz CT molecular complexity index is 439. The fourth-order valence-electron chi connectivity index (χ4n) is 2.91. The molecule has 2 saturated heterocycles. The fourth-order valence-corrected chi connectivity index (χ4v) is 3.21. The third kappa shape index (κ3) is 2.31. The normalized spacial score (nSPS) is 26.5. The van der Waals surface area contributed by atoms with Gasteiger partial charge in [0.15, 0.2) is 0 Å². The molecule has 1 N–H and O–H groups in total. The number of halogens is 1. The molecular weight excluding hydrogens is 296 g/mol. The minimum atomic E-state index is 0.107. The van der Waals surface area contributed by atoms with Crippen LogP contribution in [0.15, 0.2) is 16.9 Å². The molecule has 1 aromatic heterocycles. The average Bonchev–Trinajstić information content (AvgIpc) is 2.98. The molecule has 2 aliphatic heterocycles. The number of rotatable bonds is 2. The van der Waals surface area contributed by atoms with Gasteiger partial charge in [0.1, 0.15) is 0 Å². The Balaban J connectivity index is 1.59. The first-order valence-electron chi connectivity index (χ1n) is 6.45. The lowest BCUT2D eigenvalue weighted by atomic mass is 10.0. The molecule has 5 nitrogen and oxygen atoms in total. The molecule has 1 aromatic rings. The summed E-state index contributed by atoms with van der Waals surface area (Å²) in [5.41, 5.74) is 0. The molecule has 3 rings (SSSR count). The van der Waals surface area contributed by atoms with Crippen molar-refractivity contribution in [3.05, 3.63) is 16.9 Å². The predicted octanol–water partition coefficient (Wildman–Crippen LogP) is 1.17. The van der Waals surface area contributed by atoms with Crippen molar-refractivity contribution in [3.63, 3.8) is 0 Å². The summed E-state index contributed by atoms with van der Waals surface area (Å²) < 4.78 is 3.07. The van der Waals surface area contributed by atoms with Crippen molar-refractivity contribution in [1.29, 1.82) is 0 Å². The van der Waals surface area contributed by atoms with Crippen molar-refractivity contribution in [1.82, 2.24) is 20.0 Å².